The van der Waals surface area contributed by atoms with Crippen molar-refractivity contribution in [3.05, 3.63) is 47.8 Å². The van der Waals surface area contributed by atoms with Gasteiger partial charge in [-0.3, -0.25) is 14.3 Å². The Morgan fingerprint density at radius 1 is 1.20 bits per heavy atom. The number of carbonyl (C=O) groups is 2. The van der Waals surface area contributed by atoms with Gasteiger partial charge in [0.15, 0.2) is 0 Å². The lowest BCUT2D eigenvalue weighted by molar-refractivity contribution is -0.120. The first kappa shape index (κ1) is 17.2. The molecule has 0 aliphatic carbocycles. The molecule has 0 unspecified atom stereocenters. The summed E-state index contributed by atoms with van der Waals surface area (Å²) >= 11 is 0. The highest BCUT2D eigenvalue weighted by atomic mass is 16.2. The van der Waals surface area contributed by atoms with Crippen LogP contribution < -0.4 is 4.90 Å². The van der Waals surface area contributed by atoms with Gasteiger partial charge in [-0.2, -0.15) is 5.10 Å². The average molecular weight is 340 g/mol. The molecule has 0 atom stereocenters. The molecule has 1 aliphatic rings. The van der Waals surface area contributed by atoms with Crippen LogP contribution in [0.15, 0.2) is 36.4 Å². The largest absolute Gasteiger partial charge is 0.326 e. The maximum Gasteiger partial charge on any atom is 0.272 e. The minimum Gasteiger partial charge on any atom is -0.326 e. The quantitative estimate of drug-likeness (QED) is 0.856. The highest BCUT2D eigenvalue weighted by molar-refractivity contribution is 6.01. The van der Waals surface area contributed by atoms with E-state index in [4.69, 9.17) is 0 Å². The highest BCUT2D eigenvalue weighted by Gasteiger charge is 2.30. The van der Waals surface area contributed by atoms with Gasteiger partial charge in [0.05, 0.1) is 5.69 Å². The van der Waals surface area contributed by atoms with Gasteiger partial charge in [-0.25, -0.2) is 0 Å². The number of carbonyl (C=O) groups excluding carboxylic acids is 2. The van der Waals surface area contributed by atoms with Crippen LogP contribution in [0.25, 0.3) is 0 Å². The molecule has 0 spiro atoms. The molecule has 6 heteroatoms. The maximum absolute atomic E-state index is 12.8. The van der Waals surface area contributed by atoms with E-state index in [1.54, 1.807) is 21.5 Å². The summed E-state index contributed by atoms with van der Waals surface area (Å²) in [6.07, 6.45) is 0.835. The molecule has 0 saturated carbocycles. The van der Waals surface area contributed by atoms with Crippen LogP contribution in [0.3, 0.4) is 0 Å². The Labute approximate surface area is 148 Å². The third kappa shape index (κ3) is 3.73. The molecule has 1 saturated heterocycles. The first-order valence-electron chi connectivity index (χ1n) is 8.63. The molecule has 2 heterocycles. The lowest BCUT2D eigenvalue weighted by atomic mass is 10.1. The van der Waals surface area contributed by atoms with Crippen LogP contribution in [0.5, 0.6) is 0 Å². The van der Waals surface area contributed by atoms with Crippen LogP contribution in [-0.2, 0) is 18.3 Å². The van der Waals surface area contributed by atoms with Crippen molar-refractivity contribution in [1.82, 2.24) is 14.7 Å². The molecule has 2 amide bonds. The van der Waals surface area contributed by atoms with Crippen LogP contribution in [0.1, 0.15) is 30.0 Å². The predicted octanol–water partition coefficient (Wildman–Crippen LogP) is 2.11. The summed E-state index contributed by atoms with van der Waals surface area (Å²) in [5, 5.41) is 4.42. The number of nitrogens with zero attached hydrogens (tertiary/aromatic N) is 4. The van der Waals surface area contributed by atoms with E-state index in [-0.39, 0.29) is 18.4 Å². The van der Waals surface area contributed by atoms with Gasteiger partial charge in [-0.1, -0.05) is 32.0 Å². The first-order chi connectivity index (χ1) is 12.0. The van der Waals surface area contributed by atoms with E-state index in [9.17, 15) is 9.59 Å². The number of aromatic nitrogens is 2. The molecule has 1 aliphatic heterocycles. The van der Waals surface area contributed by atoms with Crippen molar-refractivity contribution in [2.45, 2.75) is 20.3 Å². The van der Waals surface area contributed by atoms with Gasteiger partial charge in [0.1, 0.15) is 12.2 Å². The topological polar surface area (TPSA) is 58.4 Å². The number of benzene rings is 1. The van der Waals surface area contributed by atoms with E-state index < -0.39 is 0 Å². The number of para-hydroxylation sites is 1. The predicted molar refractivity (Wildman–Crippen MR) is 96.4 cm³/mol. The smallest absolute Gasteiger partial charge is 0.272 e. The van der Waals surface area contributed by atoms with Crippen molar-refractivity contribution in [3.63, 3.8) is 0 Å². The molecule has 132 valence electrons. The molecule has 1 fully saturated rings. The summed E-state index contributed by atoms with van der Waals surface area (Å²) in [5.74, 6) is 0.287. The van der Waals surface area contributed by atoms with Crippen molar-refractivity contribution in [1.29, 1.82) is 0 Å². The maximum atomic E-state index is 12.8. The van der Waals surface area contributed by atoms with Crippen LogP contribution >= 0.6 is 0 Å². The van der Waals surface area contributed by atoms with Gasteiger partial charge in [0, 0.05) is 25.8 Å². The van der Waals surface area contributed by atoms with Crippen LogP contribution in [0, 0.1) is 5.92 Å². The van der Waals surface area contributed by atoms with Crippen molar-refractivity contribution < 1.29 is 9.59 Å². The van der Waals surface area contributed by atoms with E-state index in [1.165, 1.54) is 0 Å². The van der Waals surface area contributed by atoms with E-state index in [2.05, 4.69) is 18.9 Å². The Hall–Kier alpha value is -2.63. The zero-order valence-corrected chi connectivity index (χ0v) is 15.0. The van der Waals surface area contributed by atoms with Crippen LogP contribution in [-0.4, -0.2) is 46.1 Å². The number of amides is 2. The van der Waals surface area contributed by atoms with Gasteiger partial charge < -0.3 is 9.80 Å². The molecule has 1 aromatic carbocycles. The second kappa shape index (κ2) is 7.09. The summed E-state index contributed by atoms with van der Waals surface area (Å²) in [5.41, 5.74) is 2.33. The van der Waals surface area contributed by atoms with Crippen molar-refractivity contribution in [2.24, 2.45) is 13.0 Å². The molecule has 0 N–H and O–H groups in total. The molecule has 0 radical (unpaired) electrons. The second-order valence-corrected chi connectivity index (χ2v) is 6.85. The Balaban J connectivity index is 1.71. The van der Waals surface area contributed by atoms with E-state index in [1.807, 2.05) is 36.4 Å². The molecule has 3 rings (SSSR count). The summed E-state index contributed by atoms with van der Waals surface area (Å²) in [7, 11) is 1.78. The zero-order valence-electron chi connectivity index (χ0n) is 15.0. The monoisotopic (exact) mass is 340 g/mol. The minimum absolute atomic E-state index is 0.0598. The molecule has 1 aromatic heterocycles. The van der Waals surface area contributed by atoms with E-state index in [0.29, 0.717) is 24.7 Å². The molecular formula is C19H24N4O2. The van der Waals surface area contributed by atoms with Gasteiger partial charge >= 0.3 is 0 Å². The Morgan fingerprint density at radius 2 is 1.92 bits per heavy atom. The number of rotatable bonds is 4. The summed E-state index contributed by atoms with van der Waals surface area (Å²) in [4.78, 5) is 28.6. The molecule has 0 bridgehead atoms. The van der Waals surface area contributed by atoms with Gasteiger partial charge in [0.25, 0.3) is 5.91 Å². The first-order valence-corrected chi connectivity index (χ1v) is 8.63. The standard InChI is InChI=1S/C19H24N4O2/c1-14(2)11-15-12-17(21(3)20-15)19(25)22-9-10-23(18(24)13-22)16-7-5-4-6-8-16/h4-8,12,14H,9-11,13H2,1-3H3. The lowest BCUT2D eigenvalue weighted by Gasteiger charge is -2.34. The normalized spacial score (nSPS) is 15.1. The van der Waals surface area contributed by atoms with E-state index >= 15 is 0 Å². The number of aryl methyl sites for hydroxylation is 1. The highest BCUT2D eigenvalue weighted by Crippen LogP contribution is 2.18. The van der Waals surface area contributed by atoms with Gasteiger partial charge in [-0.05, 0) is 30.5 Å². The third-order valence-electron chi connectivity index (χ3n) is 4.34. The minimum atomic E-state index is -0.133. The summed E-state index contributed by atoms with van der Waals surface area (Å²) < 4.78 is 1.62. The van der Waals surface area contributed by atoms with E-state index in [0.717, 1.165) is 17.8 Å². The number of hydrogen-bond donors (Lipinski definition) is 0. The summed E-state index contributed by atoms with van der Waals surface area (Å²) in [6.45, 7) is 5.36. The summed E-state index contributed by atoms with van der Waals surface area (Å²) in [6, 6.07) is 11.4. The Morgan fingerprint density at radius 3 is 2.56 bits per heavy atom. The third-order valence-corrected chi connectivity index (χ3v) is 4.34. The van der Waals surface area contributed by atoms with Crippen molar-refractivity contribution >= 4 is 17.5 Å². The zero-order chi connectivity index (χ0) is 18.0. The number of hydrogen-bond acceptors (Lipinski definition) is 3. The van der Waals surface area contributed by atoms with Crippen LogP contribution in [0.2, 0.25) is 0 Å². The fourth-order valence-electron chi connectivity index (χ4n) is 3.13. The number of anilines is 1. The van der Waals surface area contributed by atoms with Crippen molar-refractivity contribution in [3.8, 4) is 0 Å². The van der Waals surface area contributed by atoms with Gasteiger partial charge in [0.2, 0.25) is 5.91 Å². The van der Waals surface area contributed by atoms with Crippen molar-refractivity contribution in [2.75, 3.05) is 24.5 Å². The molecule has 2 aromatic rings. The second-order valence-electron chi connectivity index (χ2n) is 6.85. The molecule has 6 nitrogen and oxygen atoms in total. The van der Waals surface area contributed by atoms with Gasteiger partial charge in [-0.15, -0.1) is 0 Å². The average Bonchev–Trinajstić information content (AvgIpc) is 2.94. The SMILES string of the molecule is CC(C)Cc1cc(C(=O)N2CCN(c3ccccc3)C(=O)C2)n(C)n1. The van der Waals surface area contributed by atoms with Crippen LogP contribution in [0.4, 0.5) is 5.69 Å². The number of piperazine rings is 1. The molecular weight excluding hydrogens is 316 g/mol. The lowest BCUT2D eigenvalue weighted by Crippen LogP contribution is -2.52. The fourth-order valence-corrected chi connectivity index (χ4v) is 3.13. The fraction of sp³-hybridized carbons (Fsp3) is 0.421. The Kier molecular flexibility index (Phi) is 4.88. The molecule has 25 heavy (non-hydrogen) atoms. The Bertz CT molecular complexity index is 767.